The lowest BCUT2D eigenvalue weighted by Gasteiger charge is -2.11. The Balaban J connectivity index is 2.51. The minimum absolute atomic E-state index is 0.219. The molecule has 1 unspecified atom stereocenters. The molecule has 0 bridgehead atoms. The van der Waals surface area contributed by atoms with Crippen molar-refractivity contribution in [1.82, 2.24) is 4.98 Å². The van der Waals surface area contributed by atoms with Crippen molar-refractivity contribution in [1.29, 1.82) is 0 Å². The fraction of sp³-hybridized carbons (Fsp3) is 0.286. The van der Waals surface area contributed by atoms with E-state index in [0.717, 1.165) is 16.9 Å². The van der Waals surface area contributed by atoms with Gasteiger partial charge in [-0.1, -0.05) is 44.2 Å². The smallest absolute Gasteiger partial charge is 0.348 e. The third-order valence-electron chi connectivity index (χ3n) is 2.89. The van der Waals surface area contributed by atoms with Gasteiger partial charge < -0.3 is 10.8 Å². The van der Waals surface area contributed by atoms with Gasteiger partial charge in [0.2, 0.25) is 0 Å². The van der Waals surface area contributed by atoms with E-state index in [2.05, 4.69) is 4.98 Å². The molecule has 19 heavy (non-hydrogen) atoms. The van der Waals surface area contributed by atoms with Crippen LogP contribution in [0, 0.1) is 5.92 Å². The third kappa shape index (κ3) is 2.83. The lowest BCUT2D eigenvalue weighted by molar-refractivity contribution is 0.0702. The van der Waals surface area contributed by atoms with E-state index in [-0.39, 0.29) is 16.8 Å². The summed E-state index contributed by atoms with van der Waals surface area (Å²) in [4.78, 5) is 16.0. The second-order valence-corrected chi connectivity index (χ2v) is 5.70. The molecule has 0 spiro atoms. The van der Waals surface area contributed by atoms with E-state index in [1.165, 1.54) is 0 Å². The minimum Gasteiger partial charge on any atom is -0.477 e. The molecule has 0 saturated heterocycles. The highest BCUT2D eigenvalue weighted by Gasteiger charge is 2.22. The van der Waals surface area contributed by atoms with Crippen molar-refractivity contribution in [3.05, 3.63) is 40.2 Å². The fourth-order valence-electron chi connectivity index (χ4n) is 1.70. The van der Waals surface area contributed by atoms with Crippen molar-refractivity contribution in [2.24, 2.45) is 11.7 Å². The number of nitrogens with two attached hydrogens (primary N) is 1. The van der Waals surface area contributed by atoms with E-state index >= 15 is 0 Å². The van der Waals surface area contributed by atoms with E-state index in [1.807, 2.05) is 44.2 Å². The minimum atomic E-state index is -0.960. The number of benzene rings is 1. The molecular weight excluding hydrogens is 260 g/mol. The molecule has 1 atom stereocenters. The first-order chi connectivity index (χ1) is 9.00. The van der Waals surface area contributed by atoms with Crippen molar-refractivity contribution in [3.8, 4) is 11.3 Å². The predicted molar refractivity (Wildman–Crippen MR) is 76.3 cm³/mol. The van der Waals surface area contributed by atoms with Crippen LogP contribution in [-0.2, 0) is 0 Å². The lowest BCUT2D eigenvalue weighted by atomic mass is 10.1. The Hall–Kier alpha value is -1.72. The van der Waals surface area contributed by atoms with Crippen LogP contribution in [0.25, 0.3) is 11.3 Å². The maximum atomic E-state index is 11.3. The Morgan fingerprint density at radius 3 is 2.47 bits per heavy atom. The number of carboxylic acids is 1. The van der Waals surface area contributed by atoms with Gasteiger partial charge in [0, 0.05) is 5.56 Å². The van der Waals surface area contributed by atoms with Gasteiger partial charge >= 0.3 is 5.97 Å². The summed E-state index contributed by atoms with van der Waals surface area (Å²) in [5, 5.41) is 9.96. The van der Waals surface area contributed by atoms with E-state index in [1.54, 1.807) is 0 Å². The van der Waals surface area contributed by atoms with Crippen LogP contribution < -0.4 is 5.73 Å². The zero-order valence-electron chi connectivity index (χ0n) is 10.8. The third-order valence-corrected chi connectivity index (χ3v) is 4.03. The Morgan fingerprint density at radius 1 is 1.32 bits per heavy atom. The molecule has 0 saturated carbocycles. The van der Waals surface area contributed by atoms with Crippen LogP contribution in [0.5, 0.6) is 0 Å². The molecule has 0 radical (unpaired) electrons. The summed E-state index contributed by atoms with van der Waals surface area (Å²) in [5.74, 6) is -0.741. The molecule has 0 aliphatic carbocycles. The number of aromatic nitrogens is 1. The molecule has 1 aromatic carbocycles. The molecule has 5 heteroatoms. The summed E-state index contributed by atoms with van der Waals surface area (Å²) in [7, 11) is 0. The number of aromatic carboxylic acids is 1. The van der Waals surface area contributed by atoms with E-state index < -0.39 is 5.97 Å². The lowest BCUT2D eigenvalue weighted by Crippen LogP contribution is -2.16. The molecule has 0 aliphatic rings. The highest BCUT2D eigenvalue weighted by atomic mass is 32.1. The number of hydrogen-bond donors (Lipinski definition) is 2. The Bertz CT molecular complexity index is 578. The monoisotopic (exact) mass is 276 g/mol. The molecule has 2 aromatic rings. The van der Waals surface area contributed by atoms with Crippen LogP contribution in [0.3, 0.4) is 0 Å². The standard InChI is InChI=1S/C14H16N2O2S/c1-8(2)10(15)13-16-11(12(19-13)14(17)18)9-6-4-3-5-7-9/h3-8,10H,15H2,1-2H3,(H,17,18). The zero-order valence-corrected chi connectivity index (χ0v) is 11.6. The van der Waals surface area contributed by atoms with Gasteiger partial charge in [0.15, 0.2) is 0 Å². The average Bonchev–Trinajstić information content (AvgIpc) is 2.83. The number of thiazole rings is 1. The summed E-state index contributed by atoms with van der Waals surface area (Å²) in [6.45, 7) is 3.99. The molecule has 1 heterocycles. The molecule has 4 nitrogen and oxygen atoms in total. The molecule has 2 rings (SSSR count). The Labute approximate surface area is 115 Å². The first kappa shape index (κ1) is 13.7. The number of hydrogen-bond acceptors (Lipinski definition) is 4. The summed E-state index contributed by atoms with van der Waals surface area (Å²) in [5.41, 5.74) is 7.36. The van der Waals surface area contributed by atoms with Crippen molar-refractivity contribution in [3.63, 3.8) is 0 Å². The predicted octanol–water partition coefficient (Wildman–Crippen LogP) is 3.16. The maximum Gasteiger partial charge on any atom is 0.348 e. The van der Waals surface area contributed by atoms with Gasteiger partial charge in [-0.05, 0) is 5.92 Å². The first-order valence-corrected chi connectivity index (χ1v) is 6.87. The molecule has 100 valence electrons. The van der Waals surface area contributed by atoms with Crippen LogP contribution in [0.1, 0.15) is 34.6 Å². The number of nitrogens with zero attached hydrogens (tertiary/aromatic N) is 1. The van der Waals surface area contributed by atoms with Crippen LogP contribution in [0.4, 0.5) is 0 Å². The molecular formula is C14H16N2O2S. The molecule has 1 aromatic heterocycles. The quantitative estimate of drug-likeness (QED) is 0.899. The molecule has 0 fully saturated rings. The van der Waals surface area contributed by atoms with E-state index in [9.17, 15) is 9.90 Å². The summed E-state index contributed by atoms with van der Waals surface area (Å²) >= 11 is 1.16. The molecule has 3 N–H and O–H groups in total. The summed E-state index contributed by atoms with van der Waals surface area (Å²) < 4.78 is 0. The van der Waals surface area contributed by atoms with Crippen LogP contribution >= 0.6 is 11.3 Å². The molecule has 0 aliphatic heterocycles. The van der Waals surface area contributed by atoms with Crippen molar-refractivity contribution < 1.29 is 9.90 Å². The van der Waals surface area contributed by atoms with Crippen molar-refractivity contribution in [2.45, 2.75) is 19.9 Å². The van der Waals surface area contributed by atoms with Gasteiger partial charge in [-0.15, -0.1) is 11.3 Å². The Morgan fingerprint density at radius 2 is 1.95 bits per heavy atom. The number of carbonyl (C=O) groups is 1. The highest BCUT2D eigenvalue weighted by molar-refractivity contribution is 7.14. The van der Waals surface area contributed by atoms with Gasteiger partial charge in [-0.2, -0.15) is 0 Å². The Kier molecular flexibility index (Phi) is 3.97. The van der Waals surface area contributed by atoms with Crippen molar-refractivity contribution in [2.75, 3.05) is 0 Å². The average molecular weight is 276 g/mol. The van der Waals surface area contributed by atoms with Gasteiger partial charge in [0.1, 0.15) is 9.88 Å². The first-order valence-electron chi connectivity index (χ1n) is 6.05. The molecule has 0 amide bonds. The van der Waals surface area contributed by atoms with Crippen LogP contribution in [0.2, 0.25) is 0 Å². The van der Waals surface area contributed by atoms with Crippen LogP contribution in [-0.4, -0.2) is 16.1 Å². The van der Waals surface area contributed by atoms with Gasteiger partial charge in [-0.3, -0.25) is 0 Å². The van der Waals surface area contributed by atoms with Gasteiger partial charge in [0.05, 0.1) is 11.7 Å². The van der Waals surface area contributed by atoms with Crippen molar-refractivity contribution >= 4 is 17.3 Å². The maximum absolute atomic E-state index is 11.3. The topological polar surface area (TPSA) is 76.2 Å². The largest absolute Gasteiger partial charge is 0.477 e. The summed E-state index contributed by atoms with van der Waals surface area (Å²) in [6, 6.07) is 9.08. The van der Waals surface area contributed by atoms with E-state index in [0.29, 0.717) is 10.7 Å². The zero-order chi connectivity index (χ0) is 14.0. The normalized spacial score (nSPS) is 12.6. The fourth-order valence-corrected chi connectivity index (χ4v) is 2.80. The SMILES string of the molecule is CC(C)C(N)c1nc(-c2ccccc2)c(C(=O)O)s1. The van der Waals surface area contributed by atoms with E-state index in [4.69, 9.17) is 5.73 Å². The second kappa shape index (κ2) is 5.50. The number of carboxylic acid groups (broad SMARTS) is 1. The highest BCUT2D eigenvalue weighted by Crippen LogP contribution is 2.32. The summed E-state index contributed by atoms with van der Waals surface area (Å²) in [6.07, 6.45) is 0. The van der Waals surface area contributed by atoms with Gasteiger partial charge in [-0.25, -0.2) is 9.78 Å². The van der Waals surface area contributed by atoms with Crippen LogP contribution in [0.15, 0.2) is 30.3 Å². The number of rotatable bonds is 4. The second-order valence-electron chi connectivity index (χ2n) is 4.67. The van der Waals surface area contributed by atoms with Gasteiger partial charge in [0.25, 0.3) is 0 Å².